The standard InChI is InChI=1S/C12H21N3O2/c1-9-8-15(5-7-16-3)12(13-9)14-11-4-6-17-10(11)2/h8,10-11H,4-7H2,1-3H3,(H,13,14). The van der Waals surface area contributed by atoms with E-state index in [9.17, 15) is 0 Å². The average Bonchev–Trinajstić information content (AvgIpc) is 2.84. The number of aromatic nitrogens is 2. The van der Waals surface area contributed by atoms with Crippen LogP contribution in [-0.2, 0) is 16.0 Å². The molecule has 2 rings (SSSR count). The van der Waals surface area contributed by atoms with Crippen molar-refractivity contribution in [2.75, 3.05) is 25.6 Å². The molecule has 0 amide bonds. The van der Waals surface area contributed by atoms with Crippen molar-refractivity contribution < 1.29 is 9.47 Å². The fourth-order valence-electron chi connectivity index (χ4n) is 2.11. The molecular weight excluding hydrogens is 218 g/mol. The van der Waals surface area contributed by atoms with Crippen LogP contribution in [0.25, 0.3) is 0 Å². The molecule has 0 spiro atoms. The summed E-state index contributed by atoms with van der Waals surface area (Å²) in [6.07, 6.45) is 3.34. The van der Waals surface area contributed by atoms with Crippen LogP contribution < -0.4 is 5.32 Å². The Balaban J connectivity index is 2.03. The second kappa shape index (κ2) is 5.51. The Morgan fingerprint density at radius 1 is 1.65 bits per heavy atom. The lowest BCUT2D eigenvalue weighted by molar-refractivity contribution is 0.121. The number of hydrogen-bond acceptors (Lipinski definition) is 4. The quantitative estimate of drug-likeness (QED) is 0.844. The number of ether oxygens (including phenoxy) is 2. The van der Waals surface area contributed by atoms with Gasteiger partial charge in [0.05, 0.1) is 24.4 Å². The maximum atomic E-state index is 5.54. The zero-order chi connectivity index (χ0) is 12.3. The first kappa shape index (κ1) is 12.4. The summed E-state index contributed by atoms with van der Waals surface area (Å²) in [7, 11) is 1.71. The van der Waals surface area contributed by atoms with E-state index in [0.717, 1.165) is 31.2 Å². The summed E-state index contributed by atoms with van der Waals surface area (Å²) in [6.45, 7) is 6.45. The maximum Gasteiger partial charge on any atom is 0.203 e. The number of methoxy groups -OCH3 is 1. The first-order valence-corrected chi connectivity index (χ1v) is 6.11. The van der Waals surface area contributed by atoms with Crippen LogP contribution in [0.5, 0.6) is 0 Å². The number of hydrogen-bond donors (Lipinski definition) is 1. The van der Waals surface area contributed by atoms with Crippen LogP contribution in [0.4, 0.5) is 5.95 Å². The molecule has 0 aliphatic carbocycles. The highest BCUT2D eigenvalue weighted by atomic mass is 16.5. The normalized spacial score (nSPS) is 24.2. The first-order valence-electron chi connectivity index (χ1n) is 6.11. The van der Waals surface area contributed by atoms with E-state index < -0.39 is 0 Å². The van der Waals surface area contributed by atoms with Crippen molar-refractivity contribution in [3.8, 4) is 0 Å². The van der Waals surface area contributed by atoms with Gasteiger partial charge in [-0.3, -0.25) is 0 Å². The number of nitrogens with zero attached hydrogens (tertiary/aromatic N) is 2. The summed E-state index contributed by atoms with van der Waals surface area (Å²) in [6, 6.07) is 0.359. The molecule has 0 aromatic carbocycles. The van der Waals surface area contributed by atoms with Crippen molar-refractivity contribution in [2.24, 2.45) is 0 Å². The molecule has 2 heterocycles. The molecule has 0 radical (unpaired) electrons. The van der Waals surface area contributed by atoms with Crippen molar-refractivity contribution in [1.82, 2.24) is 9.55 Å². The molecule has 2 unspecified atom stereocenters. The van der Waals surface area contributed by atoms with Gasteiger partial charge in [-0.15, -0.1) is 0 Å². The van der Waals surface area contributed by atoms with E-state index in [1.807, 2.05) is 13.1 Å². The maximum absolute atomic E-state index is 5.54. The molecule has 5 heteroatoms. The summed E-state index contributed by atoms with van der Waals surface area (Å²) < 4.78 is 12.7. The largest absolute Gasteiger partial charge is 0.383 e. The Morgan fingerprint density at radius 2 is 2.47 bits per heavy atom. The number of anilines is 1. The van der Waals surface area contributed by atoms with Gasteiger partial charge in [0, 0.05) is 26.5 Å². The van der Waals surface area contributed by atoms with Crippen molar-refractivity contribution in [2.45, 2.75) is 39.0 Å². The van der Waals surface area contributed by atoms with E-state index in [-0.39, 0.29) is 6.10 Å². The highest BCUT2D eigenvalue weighted by Crippen LogP contribution is 2.18. The van der Waals surface area contributed by atoms with Gasteiger partial charge in [-0.25, -0.2) is 4.98 Å². The minimum Gasteiger partial charge on any atom is -0.383 e. The van der Waals surface area contributed by atoms with Gasteiger partial charge in [0.2, 0.25) is 5.95 Å². The van der Waals surface area contributed by atoms with Crippen LogP contribution in [0, 0.1) is 6.92 Å². The van der Waals surface area contributed by atoms with Crippen LogP contribution in [-0.4, -0.2) is 42.0 Å². The van der Waals surface area contributed by atoms with Gasteiger partial charge in [-0.05, 0) is 20.3 Å². The topological polar surface area (TPSA) is 48.3 Å². The van der Waals surface area contributed by atoms with Crippen molar-refractivity contribution in [3.63, 3.8) is 0 Å². The van der Waals surface area contributed by atoms with Crippen molar-refractivity contribution >= 4 is 5.95 Å². The van der Waals surface area contributed by atoms with Gasteiger partial charge in [-0.2, -0.15) is 0 Å². The van der Waals surface area contributed by atoms with E-state index in [0.29, 0.717) is 12.6 Å². The highest BCUT2D eigenvalue weighted by Gasteiger charge is 2.25. The van der Waals surface area contributed by atoms with Gasteiger partial charge in [0.15, 0.2) is 0 Å². The van der Waals surface area contributed by atoms with Gasteiger partial charge in [0.25, 0.3) is 0 Å². The molecule has 1 saturated heterocycles. The third-order valence-corrected chi connectivity index (χ3v) is 3.12. The minimum atomic E-state index is 0.253. The Kier molecular flexibility index (Phi) is 4.02. The fourth-order valence-corrected chi connectivity index (χ4v) is 2.11. The molecule has 1 aliphatic rings. The van der Waals surface area contributed by atoms with Crippen LogP contribution in [0.1, 0.15) is 19.0 Å². The first-order chi connectivity index (χ1) is 8.20. The molecule has 1 N–H and O–H groups in total. The lowest BCUT2D eigenvalue weighted by Crippen LogP contribution is -2.28. The Labute approximate surface area is 102 Å². The monoisotopic (exact) mass is 239 g/mol. The summed E-state index contributed by atoms with van der Waals surface area (Å²) >= 11 is 0. The SMILES string of the molecule is COCCn1cc(C)nc1NC1CCOC1C. The molecule has 0 bridgehead atoms. The van der Waals surface area contributed by atoms with E-state index in [1.165, 1.54) is 0 Å². The minimum absolute atomic E-state index is 0.253. The Morgan fingerprint density at radius 3 is 3.12 bits per heavy atom. The smallest absolute Gasteiger partial charge is 0.203 e. The second-order valence-corrected chi connectivity index (χ2v) is 4.51. The summed E-state index contributed by atoms with van der Waals surface area (Å²) in [5.74, 6) is 0.918. The molecule has 1 fully saturated rings. The molecule has 17 heavy (non-hydrogen) atoms. The van der Waals surface area contributed by atoms with E-state index in [2.05, 4.69) is 21.8 Å². The zero-order valence-corrected chi connectivity index (χ0v) is 10.8. The van der Waals surface area contributed by atoms with Crippen molar-refractivity contribution in [1.29, 1.82) is 0 Å². The lowest BCUT2D eigenvalue weighted by Gasteiger charge is -2.17. The number of imidazole rings is 1. The van der Waals surface area contributed by atoms with Gasteiger partial charge >= 0.3 is 0 Å². The third-order valence-electron chi connectivity index (χ3n) is 3.12. The predicted molar refractivity (Wildman–Crippen MR) is 66.3 cm³/mol. The molecule has 1 aromatic rings. The second-order valence-electron chi connectivity index (χ2n) is 4.51. The zero-order valence-electron chi connectivity index (χ0n) is 10.8. The molecular formula is C12H21N3O2. The highest BCUT2D eigenvalue weighted by molar-refractivity contribution is 5.31. The molecule has 1 aliphatic heterocycles. The average molecular weight is 239 g/mol. The van der Waals surface area contributed by atoms with Crippen LogP contribution in [0.2, 0.25) is 0 Å². The van der Waals surface area contributed by atoms with E-state index >= 15 is 0 Å². The van der Waals surface area contributed by atoms with Gasteiger partial charge in [0.1, 0.15) is 0 Å². The molecule has 1 aromatic heterocycles. The molecule has 96 valence electrons. The summed E-state index contributed by atoms with van der Waals surface area (Å²) in [5.41, 5.74) is 1.02. The number of rotatable bonds is 5. The summed E-state index contributed by atoms with van der Waals surface area (Å²) in [4.78, 5) is 4.50. The third kappa shape index (κ3) is 2.98. The lowest BCUT2D eigenvalue weighted by atomic mass is 10.2. The molecule has 0 saturated carbocycles. The number of aryl methyl sites for hydroxylation is 1. The van der Waals surface area contributed by atoms with Gasteiger partial charge < -0.3 is 19.4 Å². The van der Waals surface area contributed by atoms with Crippen LogP contribution >= 0.6 is 0 Å². The number of nitrogens with one attached hydrogen (secondary N) is 1. The summed E-state index contributed by atoms with van der Waals surface area (Å²) in [5, 5.41) is 3.46. The Hall–Kier alpha value is -1.07. The van der Waals surface area contributed by atoms with E-state index in [1.54, 1.807) is 7.11 Å². The Bertz CT molecular complexity index is 365. The van der Waals surface area contributed by atoms with Crippen molar-refractivity contribution in [3.05, 3.63) is 11.9 Å². The molecule has 2 atom stereocenters. The van der Waals surface area contributed by atoms with Crippen LogP contribution in [0.3, 0.4) is 0 Å². The van der Waals surface area contributed by atoms with E-state index in [4.69, 9.17) is 9.47 Å². The fraction of sp³-hybridized carbons (Fsp3) is 0.750. The predicted octanol–water partition coefficient (Wildman–Crippen LogP) is 1.43. The van der Waals surface area contributed by atoms with Crippen LogP contribution in [0.15, 0.2) is 6.20 Å². The molecule has 5 nitrogen and oxygen atoms in total. The van der Waals surface area contributed by atoms with Gasteiger partial charge in [-0.1, -0.05) is 0 Å².